The van der Waals surface area contributed by atoms with Crippen LogP contribution >= 0.6 is 0 Å². The zero-order chi connectivity index (χ0) is 19.7. The molecular formula is C23H25N3O2. The number of amides is 1. The van der Waals surface area contributed by atoms with Gasteiger partial charge in [0, 0.05) is 28.7 Å². The summed E-state index contributed by atoms with van der Waals surface area (Å²) < 4.78 is 0. The molecule has 5 nitrogen and oxygen atoms in total. The molecule has 0 radical (unpaired) electrons. The Morgan fingerprint density at radius 3 is 2.71 bits per heavy atom. The Labute approximate surface area is 165 Å². The third kappa shape index (κ3) is 3.43. The quantitative estimate of drug-likeness (QED) is 0.537. The Balaban J connectivity index is 1.47. The van der Waals surface area contributed by atoms with Gasteiger partial charge in [0.2, 0.25) is 0 Å². The molecule has 2 saturated carbocycles. The highest BCUT2D eigenvalue weighted by atomic mass is 16.3. The van der Waals surface area contributed by atoms with Gasteiger partial charge in [0.1, 0.15) is 17.4 Å². The van der Waals surface area contributed by atoms with E-state index in [1.165, 1.54) is 25.7 Å². The minimum Gasteiger partial charge on any atom is -0.507 e. The van der Waals surface area contributed by atoms with Crippen molar-refractivity contribution in [2.75, 3.05) is 5.32 Å². The van der Waals surface area contributed by atoms with Gasteiger partial charge in [-0.25, -0.2) is 0 Å². The molecule has 0 heterocycles. The fourth-order valence-corrected chi connectivity index (χ4v) is 4.99. The van der Waals surface area contributed by atoms with Crippen LogP contribution in [0.25, 0.3) is 10.8 Å². The topological polar surface area (TPSA) is 85.2 Å². The van der Waals surface area contributed by atoms with Crippen LogP contribution < -0.4 is 10.6 Å². The summed E-state index contributed by atoms with van der Waals surface area (Å²) in [5, 5.41) is 26.9. The zero-order valence-electron chi connectivity index (χ0n) is 16.0. The van der Waals surface area contributed by atoms with E-state index in [1.807, 2.05) is 12.1 Å². The van der Waals surface area contributed by atoms with E-state index < -0.39 is 5.91 Å². The maximum Gasteiger partial charge on any atom is 0.267 e. The highest BCUT2D eigenvalue weighted by Gasteiger charge is 2.41. The molecule has 2 aromatic rings. The number of phenols is 1. The molecule has 0 aliphatic heterocycles. The second kappa shape index (κ2) is 7.55. The number of fused-ring (bicyclic) bond motifs is 3. The fraction of sp³-hybridized carbons (Fsp3) is 0.391. The number of hydrogen-bond donors (Lipinski definition) is 3. The van der Waals surface area contributed by atoms with Crippen molar-refractivity contribution in [1.29, 1.82) is 5.26 Å². The lowest BCUT2D eigenvalue weighted by Gasteiger charge is -2.28. The molecule has 0 spiro atoms. The maximum absolute atomic E-state index is 12.6. The highest BCUT2D eigenvalue weighted by molar-refractivity contribution is 6.11. The Morgan fingerprint density at radius 2 is 2.00 bits per heavy atom. The van der Waals surface area contributed by atoms with Gasteiger partial charge in [-0.15, -0.1) is 0 Å². The first-order chi connectivity index (χ1) is 13.6. The molecule has 2 aliphatic rings. The van der Waals surface area contributed by atoms with E-state index in [0.29, 0.717) is 17.0 Å². The van der Waals surface area contributed by atoms with Crippen LogP contribution in [-0.4, -0.2) is 17.1 Å². The fourth-order valence-electron chi connectivity index (χ4n) is 4.99. The maximum atomic E-state index is 12.6. The van der Waals surface area contributed by atoms with Gasteiger partial charge < -0.3 is 15.7 Å². The van der Waals surface area contributed by atoms with Crippen molar-refractivity contribution in [1.82, 2.24) is 5.32 Å². The normalized spacial score (nSPS) is 24.7. The van der Waals surface area contributed by atoms with Crippen LogP contribution in [0, 0.1) is 29.1 Å². The van der Waals surface area contributed by atoms with E-state index in [9.17, 15) is 15.2 Å². The number of benzene rings is 2. The van der Waals surface area contributed by atoms with Crippen LogP contribution in [0.3, 0.4) is 0 Å². The summed E-state index contributed by atoms with van der Waals surface area (Å²) in [6, 6.07) is 12.7. The van der Waals surface area contributed by atoms with E-state index in [2.05, 4.69) is 17.6 Å². The lowest BCUT2D eigenvalue weighted by molar-refractivity contribution is -0.112. The first kappa shape index (κ1) is 18.4. The van der Waals surface area contributed by atoms with Crippen molar-refractivity contribution in [3.63, 3.8) is 0 Å². The summed E-state index contributed by atoms with van der Waals surface area (Å²) in [5.41, 5.74) is 0.618. The number of rotatable bonds is 5. The number of carbonyl (C=O) groups is 1. The van der Waals surface area contributed by atoms with Crippen molar-refractivity contribution in [3.8, 4) is 11.8 Å². The van der Waals surface area contributed by atoms with Crippen LogP contribution in [0.1, 0.15) is 32.6 Å². The first-order valence-electron chi connectivity index (χ1n) is 9.95. The molecule has 0 saturated heterocycles. The Morgan fingerprint density at radius 1 is 1.21 bits per heavy atom. The highest BCUT2D eigenvalue weighted by Crippen LogP contribution is 2.49. The van der Waals surface area contributed by atoms with Crippen molar-refractivity contribution in [2.45, 2.75) is 38.6 Å². The van der Waals surface area contributed by atoms with Crippen LogP contribution in [0.2, 0.25) is 0 Å². The van der Waals surface area contributed by atoms with Gasteiger partial charge in [-0.2, -0.15) is 5.26 Å². The number of aromatic hydroxyl groups is 1. The summed E-state index contributed by atoms with van der Waals surface area (Å²) >= 11 is 0. The van der Waals surface area contributed by atoms with Gasteiger partial charge >= 0.3 is 0 Å². The lowest BCUT2D eigenvalue weighted by atomic mass is 9.84. The van der Waals surface area contributed by atoms with Gasteiger partial charge in [-0.05, 0) is 56.1 Å². The molecule has 2 aromatic carbocycles. The average molecular weight is 375 g/mol. The predicted molar refractivity (Wildman–Crippen MR) is 109 cm³/mol. The molecule has 2 bridgehead atoms. The minimum atomic E-state index is -0.453. The molecule has 4 atom stereocenters. The van der Waals surface area contributed by atoms with Crippen LogP contribution in [0.4, 0.5) is 5.69 Å². The molecule has 4 rings (SSSR count). The Hall–Kier alpha value is -3.00. The first-order valence-corrected chi connectivity index (χ1v) is 9.95. The SMILES string of the molecule is CC(N/C=C(/C#N)C(=O)Nc1cccc2c(O)cccc12)C1CC2CCC1C2. The van der Waals surface area contributed by atoms with Crippen LogP contribution in [0.5, 0.6) is 5.75 Å². The molecule has 3 N–H and O–H groups in total. The van der Waals surface area contributed by atoms with Gasteiger partial charge in [0.05, 0.1) is 0 Å². The van der Waals surface area contributed by atoms with E-state index in [4.69, 9.17) is 0 Å². The Bertz CT molecular complexity index is 975. The summed E-state index contributed by atoms with van der Waals surface area (Å²) in [7, 11) is 0. The number of nitrogens with one attached hydrogen (secondary N) is 2. The zero-order valence-corrected chi connectivity index (χ0v) is 16.0. The van der Waals surface area contributed by atoms with Crippen molar-refractivity contribution in [3.05, 3.63) is 48.2 Å². The summed E-state index contributed by atoms with van der Waals surface area (Å²) in [6.07, 6.45) is 6.80. The van der Waals surface area contributed by atoms with Gasteiger partial charge in [0.15, 0.2) is 0 Å². The molecule has 5 heteroatoms. The molecule has 1 amide bonds. The molecule has 0 aromatic heterocycles. The summed E-state index contributed by atoms with van der Waals surface area (Å²) in [6.45, 7) is 2.14. The monoisotopic (exact) mass is 375 g/mol. The van der Waals surface area contributed by atoms with Gasteiger partial charge in [-0.3, -0.25) is 4.79 Å². The average Bonchev–Trinajstić information content (AvgIpc) is 3.33. The van der Waals surface area contributed by atoms with Gasteiger partial charge in [0.25, 0.3) is 5.91 Å². The largest absolute Gasteiger partial charge is 0.507 e. The number of anilines is 1. The number of nitrogens with zero attached hydrogens (tertiary/aromatic N) is 1. The lowest BCUT2D eigenvalue weighted by Crippen LogP contribution is -2.34. The number of nitriles is 1. The van der Waals surface area contributed by atoms with E-state index >= 15 is 0 Å². The summed E-state index contributed by atoms with van der Waals surface area (Å²) in [5.74, 6) is 1.98. The second-order valence-corrected chi connectivity index (χ2v) is 8.10. The van der Waals surface area contributed by atoms with Crippen molar-refractivity contribution in [2.24, 2.45) is 17.8 Å². The van der Waals surface area contributed by atoms with Crippen molar-refractivity contribution >= 4 is 22.4 Å². The minimum absolute atomic E-state index is 0.0483. The molecule has 144 valence electrons. The van der Waals surface area contributed by atoms with Crippen molar-refractivity contribution < 1.29 is 9.90 Å². The Kier molecular flexibility index (Phi) is 4.95. The third-order valence-electron chi connectivity index (χ3n) is 6.44. The second-order valence-electron chi connectivity index (χ2n) is 8.10. The van der Waals surface area contributed by atoms with Crippen LogP contribution in [-0.2, 0) is 4.79 Å². The van der Waals surface area contributed by atoms with Gasteiger partial charge in [-0.1, -0.05) is 30.7 Å². The van der Waals surface area contributed by atoms with E-state index in [-0.39, 0.29) is 17.4 Å². The molecule has 28 heavy (non-hydrogen) atoms. The predicted octanol–water partition coefficient (Wildman–Crippen LogP) is 4.31. The number of carbonyl (C=O) groups excluding carboxylic acids is 1. The number of phenolic OH excluding ortho intramolecular Hbond substituents is 1. The molecular weight excluding hydrogens is 350 g/mol. The van der Waals surface area contributed by atoms with E-state index in [0.717, 1.165) is 17.2 Å². The molecule has 2 aliphatic carbocycles. The molecule has 2 fully saturated rings. The standard InChI is InChI=1S/C23H25N3O2/c1-14(20-11-15-8-9-16(20)10-15)25-13-17(12-24)23(28)26-21-6-2-5-19-18(21)4-3-7-22(19)27/h2-7,13-16,20,25,27H,8-11H2,1H3,(H,26,28)/b17-13-. The molecule has 4 unspecified atom stereocenters. The van der Waals surface area contributed by atoms with E-state index in [1.54, 1.807) is 36.5 Å². The number of hydrogen-bond acceptors (Lipinski definition) is 4. The third-order valence-corrected chi connectivity index (χ3v) is 6.44. The van der Waals surface area contributed by atoms with Crippen LogP contribution in [0.15, 0.2) is 48.2 Å². The summed E-state index contributed by atoms with van der Waals surface area (Å²) in [4.78, 5) is 12.6. The smallest absolute Gasteiger partial charge is 0.267 e.